The molecule has 0 aliphatic carbocycles. The van der Waals surface area contributed by atoms with Crippen LogP contribution in [0.2, 0.25) is 0 Å². The molecule has 0 aliphatic heterocycles. The minimum absolute atomic E-state index is 0.0673. The van der Waals surface area contributed by atoms with Gasteiger partial charge in [0.15, 0.2) is 29.7 Å². The van der Waals surface area contributed by atoms with Crippen LogP contribution in [0.1, 0.15) is 34.6 Å². The quantitative estimate of drug-likeness (QED) is 0.437. The highest BCUT2D eigenvalue weighted by molar-refractivity contribution is 5.95. The lowest BCUT2D eigenvalue weighted by molar-refractivity contribution is -0.136. The molecule has 0 radical (unpaired) electrons. The van der Waals surface area contributed by atoms with E-state index in [1.165, 1.54) is 33.1 Å². The zero-order chi connectivity index (χ0) is 18.4. The SMILES string of the molecule is COc1cc(C(C)=O)ccc1OCC(=O)Oc1ccc(C(C)=O)cc1. The number of carbonyl (C=O) groups excluding carboxylic acids is 3. The summed E-state index contributed by atoms with van der Waals surface area (Å²) >= 11 is 0. The summed E-state index contributed by atoms with van der Waals surface area (Å²) in [6.45, 7) is 2.58. The van der Waals surface area contributed by atoms with E-state index in [4.69, 9.17) is 14.2 Å². The number of ketones is 2. The van der Waals surface area contributed by atoms with Gasteiger partial charge in [-0.1, -0.05) is 0 Å². The Balaban J connectivity index is 1.97. The molecular weight excluding hydrogens is 324 g/mol. The highest BCUT2D eigenvalue weighted by atomic mass is 16.6. The first kappa shape index (κ1) is 18.2. The van der Waals surface area contributed by atoms with Crippen molar-refractivity contribution in [2.24, 2.45) is 0 Å². The third kappa shape index (κ3) is 4.91. The smallest absolute Gasteiger partial charge is 0.349 e. The molecule has 130 valence electrons. The van der Waals surface area contributed by atoms with Crippen molar-refractivity contribution >= 4 is 17.5 Å². The van der Waals surface area contributed by atoms with Crippen molar-refractivity contribution in [1.82, 2.24) is 0 Å². The van der Waals surface area contributed by atoms with Gasteiger partial charge in [-0.05, 0) is 56.3 Å². The van der Waals surface area contributed by atoms with Gasteiger partial charge in [-0.25, -0.2) is 4.79 Å². The average molecular weight is 342 g/mol. The van der Waals surface area contributed by atoms with Gasteiger partial charge in [0.1, 0.15) is 5.75 Å². The van der Waals surface area contributed by atoms with Gasteiger partial charge in [0, 0.05) is 11.1 Å². The van der Waals surface area contributed by atoms with Crippen molar-refractivity contribution in [1.29, 1.82) is 0 Å². The Labute approximate surface area is 145 Å². The molecule has 0 atom stereocenters. The minimum atomic E-state index is -0.603. The topological polar surface area (TPSA) is 78.9 Å². The van der Waals surface area contributed by atoms with Gasteiger partial charge >= 0.3 is 5.97 Å². The molecule has 2 aromatic carbocycles. The fraction of sp³-hybridized carbons (Fsp3) is 0.211. The van der Waals surface area contributed by atoms with E-state index in [9.17, 15) is 14.4 Å². The van der Waals surface area contributed by atoms with Gasteiger partial charge in [0.25, 0.3) is 0 Å². The molecule has 6 heteroatoms. The Morgan fingerprint density at radius 2 is 1.44 bits per heavy atom. The van der Waals surface area contributed by atoms with Crippen LogP contribution in [0, 0.1) is 0 Å². The van der Waals surface area contributed by atoms with E-state index in [0.29, 0.717) is 28.4 Å². The van der Waals surface area contributed by atoms with Crippen LogP contribution in [-0.2, 0) is 4.79 Å². The number of rotatable bonds is 7. The number of methoxy groups -OCH3 is 1. The second-order valence-corrected chi connectivity index (χ2v) is 5.27. The van der Waals surface area contributed by atoms with E-state index in [0.717, 1.165) is 0 Å². The van der Waals surface area contributed by atoms with Crippen LogP contribution in [0.25, 0.3) is 0 Å². The van der Waals surface area contributed by atoms with Crippen molar-refractivity contribution in [3.63, 3.8) is 0 Å². The average Bonchev–Trinajstić information content (AvgIpc) is 2.60. The van der Waals surface area contributed by atoms with Crippen molar-refractivity contribution in [3.05, 3.63) is 53.6 Å². The standard InChI is InChI=1S/C19H18O6/c1-12(20)14-4-7-16(8-5-14)25-19(22)11-24-17-9-6-15(13(2)21)10-18(17)23-3/h4-10H,11H2,1-3H3. The zero-order valence-electron chi connectivity index (χ0n) is 14.2. The predicted molar refractivity (Wildman–Crippen MR) is 90.6 cm³/mol. The molecule has 0 aromatic heterocycles. The van der Waals surface area contributed by atoms with Gasteiger partial charge < -0.3 is 14.2 Å². The second-order valence-electron chi connectivity index (χ2n) is 5.27. The molecule has 25 heavy (non-hydrogen) atoms. The third-order valence-electron chi connectivity index (χ3n) is 3.41. The Bertz CT molecular complexity index is 792. The molecule has 0 bridgehead atoms. The summed E-state index contributed by atoms with van der Waals surface area (Å²) in [5.41, 5.74) is 1.02. The van der Waals surface area contributed by atoms with Crippen LogP contribution in [0.15, 0.2) is 42.5 Å². The number of esters is 1. The summed E-state index contributed by atoms with van der Waals surface area (Å²) in [6.07, 6.45) is 0. The van der Waals surface area contributed by atoms with E-state index in [-0.39, 0.29) is 18.2 Å². The first-order valence-electron chi connectivity index (χ1n) is 7.54. The number of hydrogen-bond donors (Lipinski definition) is 0. The maximum Gasteiger partial charge on any atom is 0.349 e. The largest absolute Gasteiger partial charge is 0.493 e. The maximum absolute atomic E-state index is 11.9. The molecule has 0 N–H and O–H groups in total. The Kier molecular flexibility index (Phi) is 5.89. The summed E-state index contributed by atoms with van der Waals surface area (Å²) in [5, 5.41) is 0. The van der Waals surface area contributed by atoms with Gasteiger partial charge in [0.05, 0.1) is 7.11 Å². The first-order valence-corrected chi connectivity index (χ1v) is 7.54. The van der Waals surface area contributed by atoms with Crippen LogP contribution in [-0.4, -0.2) is 31.3 Å². The van der Waals surface area contributed by atoms with Crippen molar-refractivity contribution in [2.75, 3.05) is 13.7 Å². The highest BCUT2D eigenvalue weighted by Gasteiger charge is 2.12. The molecule has 2 aromatic rings. The number of hydrogen-bond acceptors (Lipinski definition) is 6. The number of Topliss-reactive ketones (excluding diaryl/α,β-unsaturated/α-hetero) is 2. The number of carbonyl (C=O) groups is 3. The minimum Gasteiger partial charge on any atom is -0.493 e. The second kappa shape index (κ2) is 8.10. The van der Waals surface area contributed by atoms with Crippen LogP contribution >= 0.6 is 0 Å². The summed E-state index contributed by atoms with van der Waals surface area (Å²) in [4.78, 5) is 34.4. The molecule has 0 unspecified atom stereocenters. The maximum atomic E-state index is 11.9. The normalized spacial score (nSPS) is 10.0. The molecule has 0 spiro atoms. The van der Waals surface area contributed by atoms with E-state index in [1.54, 1.807) is 30.3 Å². The third-order valence-corrected chi connectivity index (χ3v) is 3.41. The van der Waals surface area contributed by atoms with Crippen LogP contribution in [0.5, 0.6) is 17.2 Å². The summed E-state index contributed by atoms with van der Waals surface area (Å²) in [7, 11) is 1.45. The van der Waals surface area contributed by atoms with Crippen molar-refractivity contribution < 1.29 is 28.6 Å². The molecule has 0 fully saturated rings. The molecule has 0 saturated carbocycles. The molecule has 0 aliphatic rings. The van der Waals surface area contributed by atoms with E-state index in [2.05, 4.69) is 0 Å². The molecule has 2 rings (SSSR count). The molecule has 0 amide bonds. The molecule has 0 heterocycles. The Morgan fingerprint density at radius 3 is 2.00 bits per heavy atom. The lowest BCUT2D eigenvalue weighted by Gasteiger charge is -2.11. The van der Waals surface area contributed by atoms with Crippen LogP contribution in [0.3, 0.4) is 0 Å². The zero-order valence-corrected chi connectivity index (χ0v) is 14.2. The van der Waals surface area contributed by atoms with E-state index >= 15 is 0 Å². The number of ether oxygens (including phenoxy) is 3. The van der Waals surface area contributed by atoms with Gasteiger partial charge in [0.2, 0.25) is 0 Å². The van der Waals surface area contributed by atoms with Crippen molar-refractivity contribution in [2.45, 2.75) is 13.8 Å². The summed E-state index contributed by atoms with van der Waals surface area (Å²) < 4.78 is 15.7. The number of benzene rings is 2. The first-order chi connectivity index (χ1) is 11.9. The van der Waals surface area contributed by atoms with E-state index in [1.807, 2.05) is 0 Å². The Hall–Kier alpha value is -3.15. The lowest BCUT2D eigenvalue weighted by Crippen LogP contribution is -2.18. The summed E-state index contributed by atoms with van der Waals surface area (Å²) in [6, 6.07) is 10.9. The van der Waals surface area contributed by atoms with Gasteiger partial charge in [-0.15, -0.1) is 0 Å². The molecular formula is C19H18O6. The van der Waals surface area contributed by atoms with Crippen molar-refractivity contribution in [3.8, 4) is 17.2 Å². The van der Waals surface area contributed by atoms with Gasteiger partial charge in [-0.2, -0.15) is 0 Å². The predicted octanol–water partition coefficient (Wildman–Crippen LogP) is 3.08. The highest BCUT2D eigenvalue weighted by Crippen LogP contribution is 2.28. The van der Waals surface area contributed by atoms with Crippen LogP contribution in [0.4, 0.5) is 0 Å². The fourth-order valence-electron chi connectivity index (χ4n) is 2.06. The molecule has 6 nitrogen and oxygen atoms in total. The summed E-state index contributed by atoms with van der Waals surface area (Å²) in [5.74, 6) is 0.231. The van der Waals surface area contributed by atoms with E-state index < -0.39 is 5.97 Å². The van der Waals surface area contributed by atoms with Gasteiger partial charge in [-0.3, -0.25) is 9.59 Å². The van der Waals surface area contributed by atoms with Crippen LogP contribution < -0.4 is 14.2 Å². The molecule has 0 saturated heterocycles. The monoisotopic (exact) mass is 342 g/mol. The fourth-order valence-corrected chi connectivity index (χ4v) is 2.06. The Morgan fingerprint density at radius 1 is 0.840 bits per heavy atom. The lowest BCUT2D eigenvalue weighted by atomic mass is 10.1.